The Balaban J connectivity index is 1.77. The maximum atomic E-state index is 12.4. The van der Waals surface area contributed by atoms with Crippen LogP contribution < -0.4 is 4.74 Å². The summed E-state index contributed by atoms with van der Waals surface area (Å²) < 4.78 is 5.58. The van der Waals surface area contributed by atoms with Gasteiger partial charge in [-0.05, 0) is 73.7 Å². The minimum Gasteiger partial charge on any atom is -0.423 e. The van der Waals surface area contributed by atoms with E-state index in [1.165, 1.54) is 29.2 Å². The molecule has 0 saturated heterocycles. The second-order valence-electron chi connectivity index (χ2n) is 7.61. The molecule has 3 nitrogen and oxygen atoms in total. The standard InChI is InChI=1S/C26H26O3/c1-16-6-7-23(14-17(16)2)19(4)24-12-13-25(18(3)15-24)29-26(28)22-10-8-21(9-11-22)20(5)27/h6-15,19H,1-5H3. The Kier molecular flexibility index (Phi) is 5.97. The smallest absolute Gasteiger partial charge is 0.343 e. The summed E-state index contributed by atoms with van der Waals surface area (Å²) in [6.45, 7) is 9.86. The Morgan fingerprint density at radius 2 is 1.28 bits per heavy atom. The minimum absolute atomic E-state index is 0.0331. The predicted octanol–water partition coefficient (Wildman–Crippen LogP) is 6.19. The van der Waals surface area contributed by atoms with E-state index in [0.717, 1.165) is 5.56 Å². The van der Waals surface area contributed by atoms with Crippen LogP contribution in [0.15, 0.2) is 60.7 Å². The molecule has 0 amide bonds. The zero-order chi connectivity index (χ0) is 21.1. The van der Waals surface area contributed by atoms with Crippen molar-refractivity contribution in [2.45, 2.75) is 40.5 Å². The fraction of sp³-hybridized carbons (Fsp3) is 0.231. The highest BCUT2D eigenvalue weighted by Crippen LogP contribution is 2.29. The molecule has 0 fully saturated rings. The number of carbonyl (C=O) groups excluding carboxylic acids is 2. The molecule has 0 saturated carbocycles. The van der Waals surface area contributed by atoms with Gasteiger partial charge in [0.1, 0.15) is 5.75 Å². The van der Waals surface area contributed by atoms with Crippen LogP contribution in [0.1, 0.15) is 68.3 Å². The van der Waals surface area contributed by atoms with E-state index in [-0.39, 0.29) is 11.7 Å². The van der Waals surface area contributed by atoms with Crippen molar-refractivity contribution in [3.05, 3.63) is 99.6 Å². The van der Waals surface area contributed by atoms with Crippen molar-refractivity contribution in [3.8, 4) is 5.75 Å². The van der Waals surface area contributed by atoms with Crippen molar-refractivity contribution in [3.63, 3.8) is 0 Å². The number of esters is 1. The lowest BCUT2D eigenvalue weighted by Gasteiger charge is -2.16. The van der Waals surface area contributed by atoms with E-state index < -0.39 is 5.97 Å². The average molecular weight is 386 g/mol. The van der Waals surface area contributed by atoms with Gasteiger partial charge >= 0.3 is 5.97 Å². The zero-order valence-electron chi connectivity index (χ0n) is 17.6. The molecule has 0 aromatic heterocycles. The number of ketones is 1. The van der Waals surface area contributed by atoms with E-state index in [1.54, 1.807) is 24.3 Å². The van der Waals surface area contributed by atoms with Crippen LogP contribution in [0.4, 0.5) is 0 Å². The van der Waals surface area contributed by atoms with E-state index >= 15 is 0 Å². The third kappa shape index (κ3) is 4.62. The first-order valence-corrected chi connectivity index (χ1v) is 9.77. The molecule has 1 atom stereocenters. The predicted molar refractivity (Wildman–Crippen MR) is 116 cm³/mol. The van der Waals surface area contributed by atoms with E-state index in [1.807, 2.05) is 19.1 Å². The summed E-state index contributed by atoms with van der Waals surface area (Å²) in [7, 11) is 0. The van der Waals surface area contributed by atoms with Gasteiger partial charge in [-0.15, -0.1) is 0 Å². The van der Waals surface area contributed by atoms with Gasteiger partial charge in [0.25, 0.3) is 0 Å². The van der Waals surface area contributed by atoms with Crippen LogP contribution >= 0.6 is 0 Å². The van der Waals surface area contributed by atoms with Gasteiger partial charge in [0.15, 0.2) is 5.78 Å². The first-order valence-electron chi connectivity index (χ1n) is 9.77. The highest BCUT2D eigenvalue weighted by atomic mass is 16.5. The molecule has 29 heavy (non-hydrogen) atoms. The summed E-state index contributed by atoms with van der Waals surface area (Å²) in [6, 6.07) is 19.0. The molecular formula is C26H26O3. The third-order valence-electron chi connectivity index (χ3n) is 5.46. The number of hydrogen-bond acceptors (Lipinski definition) is 3. The van der Waals surface area contributed by atoms with Crippen LogP contribution in [0, 0.1) is 20.8 Å². The summed E-state index contributed by atoms with van der Waals surface area (Å²) in [5.41, 5.74) is 6.92. The van der Waals surface area contributed by atoms with Crippen LogP contribution in [0.3, 0.4) is 0 Å². The first-order chi connectivity index (χ1) is 13.8. The summed E-state index contributed by atoms with van der Waals surface area (Å²) in [6.07, 6.45) is 0. The Morgan fingerprint density at radius 3 is 1.83 bits per heavy atom. The molecule has 0 aliphatic heterocycles. The Hall–Kier alpha value is -3.20. The third-order valence-corrected chi connectivity index (χ3v) is 5.46. The number of ether oxygens (including phenoxy) is 1. The molecule has 148 valence electrons. The molecule has 1 unspecified atom stereocenters. The number of hydrogen-bond donors (Lipinski definition) is 0. The van der Waals surface area contributed by atoms with E-state index in [9.17, 15) is 9.59 Å². The monoisotopic (exact) mass is 386 g/mol. The first kappa shape index (κ1) is 20.5. The van der Waals surface area contributed by atoms with Gasteiger partial charge in [0, 0.05) is 11.5 Å². The molecule has 0 aliphatic rings. The van der Waals surface area contributed by atoms with Crippen molar-refractivity contribution < 1.29 is 14.3 Å². The average Bonchev–Trinajstić information content (AvgIpc) is 2.71. The molecule has 0 N–H and O–H groups in total. The molecule has 3 aromatic carbocycles. The molecule has 0 heterocycles. The van der Waals surface area contributed by atoms with Crippen molar-refractivity contribution in [2.75, 3.05) is 0 Å². The van der Waals surface area contributed by atoms with Gasteiger partial charge in [0.05, 0.1) is 5.56 Å². The van der Waals surface area contributed by atoms with Crippen molar-refractivity contribution >= 4 is 11.8 Å². The van der Waals surface area contributed by atoms with Gasteiger partial charge in [-0.2, -0.15) is 0 Å². The summed E-state index contributed by atoms with van der Waals surface area (Å²) in [4.78, 5) is 23.8. The Labute approximate surface area is 172 Å². The number of aryl methyl sites for hydroxylation is 3. The van der Waals surface area contributed by atoms with Crippen LogP contribution in [0.5, 0.6) is 5.75 Å². The Bertz CT molecular complexity index is 1060. The van der Waals surface area contributed by atoms with Crippen LogP contribution in [0.2, 0.25) is 0 Å². The normalized spacial score (nSPS) is 11.8. The van der Waals surface area contributed by atoms with E-state index in [4.69, 9.17) is 4.74 Å². The molecule has 3 rings (SSSR count). The molecule has 3 aromatic rings. The number of rotatable bonds is 5. The molecule has 3 heteroatoms. The summed E-state index contributed by atoms with van der Waals surface area (Å²) in [5, 5.41) is 0. The van der Waals surface area contributed by atoms with Crippen LogP contribution in [0.25, 0.3) is 0 Å². The van der Waals surface area contributed by atoms with Gasteiger partial charge in [0.2, 0.25) is 0 Å². The lowest BCUT2D eigenvalue weighted by atomic mass is 9.90. The summed E-state index contributed by atoms with van der Waals surface area (Å²) >= 11 is 0. The zero-order valence-corrected chi connectivity index (χ0v) is 17.6. The molecule has 0 aliphatic carbocycles. The lowest BCUT2D eigenvalue weighted by molar-refractivity contribution is 0.0733. The SMILES string of the molecule is CC(=O)c1ccc(C(=O)Oc2ccc(C(C)c3ccc(C)c(C)c3)cc2C)cc1. The topological polar surface area (TPSA) is 43.4 Å². The second-order valence-corrected chi connectivity index (χ2v) is 7.61. The number of Topliss-reactive ketones (excluding diaryl/α,β-unsaturated/α-hetero) is 1. The van der Waals surface area contributed by atoms with Crippen molar-refractivity contribution in [1.29, 1.82) is 0 Å². The van der Waals surface area contributed by atoms with Gasteiger partial charge in [-0.25, -0.2) is 4.79 Å². The number of carbonyl (C=O) groups is 2. The molecular weight excluding hydrogens is 360 g/mol. The molecule has 0 spiro atoms. The highest BCUT2D eigenvalue weighted by molar-refractivity contribution is 5.96. The maximum Gasteiger partial charge on any atom is 0.343 e. The molecule has 0 bridgehead atoms. The highest BCUT2D eigenvalue weighted by Gasteiger charge is 2.14. The molecule has 0 radical (unpaired) electrons. The maximum absolute atomic E-state index is 12.4. The van der Waals surface area contributed by atoms with Gasteiger partial charge in [-0.1, -0.05) is 49.4 Å². The Morgan fingerprint density at radius 1 is 0.724 bits per heavy atom. The quantitative estimate of drug-likeness (QED) is 0.298. The second kappa shape index (κ2) is 8.44. The van der Waals surface area contributed by atoms with Crippen LogP contribution in [-0.4, -0.2) is 11.8 Å². The van der Waals surface area contributed by atoms with Crippen molar-refractivity contribution in [2.24, 2.45) is 0 Å². The van der Waals surface area contributed by atoms with Gasteiger partial charge in [-0.3, -0.25) is 4.79 Å². The van der Waals surface area contributed by atoms with E-state index in [0.29, 0.717) is 16.9 Å². The largest absolute Gasteiger partial charge is 0.423 e. The lowest BCUT2D eigenvalue weighted by Crippen LogP contribution is -2.10. The van der Waals surface area contributed by atoms with Gasteiger partial charge < -0.3 is 4.74 Å². The fourth-order valence-electron chi connectivity index (χ4n) is 3.28. The van der Waals surface area contributed by atoms with Crippen molar-refractivity contribution in [1.82, 2.24) is 0 Å². The summed E-state index contributed by atoms with van der Waals surface area (Å²) in [5.74, 6) is 0.325. The number of benzene rings is 3. The minimum atomic E-state index is -0.432. The fourth-order valence-corrected chi connectivity index (χ4v) is 3.28. The van der Waals surface area contributed by atoms with E-state index in [2.05, 4.69) is 45.0 Å². The van der Waals surface area contributed by atoms with Crippen LogP contribution in [-0.2, 0) is 0 Å².